The van der Waals surface area contributed by atoms with Gasteiger partial charge in [0.15, 0.2) is 0 Å². The van der Waals surface area contributed by atoms with Crippen LogP contribution in [-0.4, -0.2) is 0 Å². The van der Waals surface area contributed by atoms with Gasteiger partial charge in [0.1, 0.15) is 0 Å². The van der Waals surface area contributed by atoms with Crippen LogP contribution in [0.4, 0.5) is 0 Å². The van der Waals surface area contributed by atoms with E-state index in [1.165, 1.54) is 80.9 Å². The number of allylic oxidation sites excluding steroid dienone is 2. The van der Waals surface area contributed by atoms with Crippen LogP contribution < -0.4 is 0 Å². The molecule has 0 saturated heterocycles. The van der Waals surface area contributed by atoms with E-state index in [-0.39, 0.29) is 0 Å². The molecule has 156 valence electrons. The minimum Gasteiger partial charge on any atom is -0.103 e. The maximum atomic E-state index is 4.21. The predicted octanol–water partition coefficient (Wildman–Crippen LogP) is 8.70. The Morgan fingerprint density at radius 3 is 2.36 bits per heavy atom. The summed E-state index contributed by atoms with van der Waals surface area (Å²) in [5.74, 6) is 2.47. The van der Waals surface area contributed by atoms with Crippen molar-refractivity contribution in [2.45, 2.75) is 91.9 Å². The molecule has 2 aliphatic carbocycles. The maximum Gasteiger partial charge on any atom is -0.0177 e. The molecule has 2 fully saturated rings. The summed E-state index contributed by atoms with van der Waals surface area (Å²) in [6.07, 6.45) is 15.5. The highest BCUT2D eigenvalue weighted by molar-refractivity contribution is 5.22. The molecule has 28 heavy (non-hydrogen) atoms. The van der Waals surface area contributed by atoms with Gasteiger partial charge in [-0.15, -0.1) is 6.58 Å². The summed E-state index contributed by atoms with van der Waals surface area (Å²) in [6, 6.07) is 8.94. The van der Waals surface area contributed by atoms with Gasteiger partial charge in [0, 0.05) is 0 Å². The molecule has 1 aromatic rings. The molecule has 0 radical (unpaired) electrons. The van der Waals surface area contributed by atoms with E-state index in [0.717, 1.165) is 17.8 Å². The summed E-state index contributed by atoms with van der Waals surface area (Å²) >= 11 is 0. The van der Waals surface area contributed by atoms with Gasteiger partial charge < -0.3 is 0 Å². The molecule has 2 unspecified atom stereocenters. The first kappa shape index (κ1) is 23.0. The lowest BCUT2D eigenvalue weighted by Gasteiger charge is -2.47. The third-order valence-electron chi connectivity index (χ3n) is 7.66. The number of hydrogen-bond acceptors (Lipinski definition) is 0. The number of rotatable bonds is 8. The van der Waals surface area contributed by atoms with Gasteiger partial charge in [-0.3, -0.25) is 0 Å². The number of hydrogen-bond donors (Lipinski definition) is 0. The summed E-state index contributed by atoms with van der Waals surface area (Å²) in [6.45, 7) is 17.3. The molecule has 0 heterocycles. The molecule has 0 bridgehead atoms. The normalized spacial score (nSPS) is 24.1. The van der Waals surface area contributed by atoms with Gasteiger partial charge in [-0.1, -0.05) is 81.7 Å². The monoisotopic (exact) mass is 380 g/mol. The van der Waals surface area contributed by atoms with E-state index in [0.29, 0.717) is 5.41 Å². The average Bonchev–Trinajstić information content (AvgIpc) is 2.96. The van der Waals surface area contributed by atoms with Crippen molar-refractivity contribution in [2.75, 3.05) is 0 Å². The van der Waals surface area contributed by atoms with Crippen LogP contribution in [0.1, 0.15) is 89.7 Å². The van der Waals surface area contributed by atoms with Crippen LogP contribution in [0.25, 0.3) is 0 Å². The molecule has 0 aromatic heterocycles. The summed E-state index contributed by atoms with van der Waals surface area (Å²) < 4.78 is 0. The first-order chi connectivity index (χ1) is 13.4. The summed E-state index contributed by atoms with van der Waals surface area (Å²) in [7, 11) is 0. The zero-order valence-corrected chi connectivity index (χ0v) is 19.1. The van der Waals surface area contributed by atoms with Crippen molar-refractivity contribution in [3.63, 3.8) is 0 Å². The Morgan fingerprint density at radius 1 is 1.21 bits per heavy atom. The minimum absolute atomic E-state index is 0.711. The second kappa shape index (κ2) is 11.0. The smallest absolute Gasteiger partial charge is 0.0177 e. The van der Waals surface area contributed by atoms with Crippen LogP contribution >= 0.6 is 0 Å². The van der Waals surface area contributed by atoms with E-state index in [1.54, 1.807) is 0 Å². The highest BCUT2D eigenvalue weighted by Gasteiger charge is 2.39. The van der Waals surface area contributed by atoms with Gasteiger partial charge >= 0.3 is 0 Å². The third kappa shape index (κ3) is 6.10. The standard InChI is InChI=1S/C16H22.C12H22/c1-12-4-8-15(9-5-12)10-11-16-13(2)6-7-14(16)3;1-4-7-11(3)12(8-5-2)9-6-10-12/h4-5,8-9,14,16H,2,6-7,10-11H2,1,3H3;4,11H,1,5-10H2,2-3H3/t14?,16-;/m0./s1. The third-order valence-corrected chi connectivity index (χ3v) is 7.66. The molecular formula is C28H44. The Morgan fingerprint density at radius 2 is 1.89 bits per heavy atom. The lowest BCUT2D eigenvalue weighted by atomic mass is 9.59. The van der Waals surface area contributed by atoms with Gasteiger partial charge in [0.2, 0.25) is 0 Å². The lowest BCUT2D eigenvalue weighted by Crippen LogP contribution is -2.35. The number of aryl methyl sites for hydroxylation is 2. The molecule has 0 nitrogen and oxygen atoms in total. The van der Waals surface area contributed by atoms with Crippen LogP contribution in [-0.2, 0) is 6.42 Å². The minimum atomic E-state index is 0.711. The van der Waals surface area contributed by atoms with Crippen LogP contribution in [0.15, 0.2) is 49.1 Å². The van der Waals surface area contributed by atoms with E-state index in [1.807, 2.05) is 0 Å². The Labute approximate surface area is 175 Å². The van der Waals surface area contributed by atoms with Crippen LogP contribution in [0, 0.1) is 30.1 Å². The Hall–Kier alpha value is -1.30. The van der Waals surface area contributed by atoms with Crippen molar-refractivity contribution in [1.29, 1.82) is 0 Å². The highest BCUT2D eigenvalue weighted by Crippen LogP contribution is 2.51. The summed E-state index contributed by atoms with van der Waals surface area (Å²) in [4.78, 5) is 0. The highest BCUT2D eigenvalue weighted by atomic mass is 14.4. The van der Waals surface area contributed by atoms with Crippen molar-refractivity contribution >= 4 is 0 Å². The van der Waals surface area contributed by atoms with E-state index in [2.05, 4.69) is 71.2 Å². The van der Waals surface area contributed by atoms with Gasteiger partial charge in [-0.2, -0.15) is 0 Å². The zero-order valence-electron chi connectivity index (χ0n) is 19.1. The SMILES string of the molecule is C=C1CCC(C)[C@H]1CCc1ccc(C)cc1.C=CCC(C)C1(CCC)CCC1. The molecular weight excluding hydrogens is 336 g/mol. The Kier molecular flexibility index (Phi) is 9.06. The Balaban J connectivity index is 0.000000209. The fraction of sp³-hybridized carbons (Fsp3) is 0.643. The quantitative estimate of drug-likeness (QED) is 0.396. The maximum absolute atomic E-state index is 4.21. The molecule has 0 heteroatoms. The lowest BCUT2D eigenvalue weighted by molar-refractivity contribution is 0.0482. The van der Waals surface area contributed by atoms with E-state index in [4.69, 9.17) is 0 Å². The van der Waals surface area contributed by atoms with Crippen molar-refractivity contribution in [3.05, 3.63) is 60.2 Å². The summed E-state index contributed by atoms with van der Waals surface area (Å²) in [5.41, 5.74) is 5.02. The molecule has 0 N–H and O–H groups in total. The van der Waals surface area contributed by atoms with Crippen molar-refractivity contribution in [2.24, 2.45) is 23.2 Å². The molecule has 1 aromatic carbocycles. The summed E-state index contributed by atoms with van der Waals surface area (Å²) in [5, 5.41) is 0. The molecule has 3 rings (SSSR count). The molecule has 0 amide bonds. The van der Waals surface area contributed by atoms with Crippen LogP contribution in [0.3, 0.4) is 0 Å². The second-order valence-corrected chi connectivity index (χ2v) is 9.70. The average molecular weight is 381 g/mol. The number of benzene rings is 1. The molecule has 2 aliphatic rings. The van der Waals surface area contributed by atoms with Crippen molar-refractivity contribution in [1.82, 2.24) is 0 Å². The van der Waals surface area contributed by atoms with Gasteiger partial charge in [-0.05, 0) is 87.0 Å². The van der Waals surface area contributed by atoms with Gasteiger partial charge in [0.05, 0.1) is 0 Å². The van der Waals surface area contributed by atoms with Crippen molar-refractivity contribution < 1.29 is 0 Å². The van der Waals surface area contributed by atoms with E-state index >= 15 is 0 Å². The fourth-order valence-corrected chi connectivity index (χ4v) is 5.39. The molecule has 0 spiro atoms. The van der Waals surface area contributed by atoms with Gasteiger partial charge in [-0.25, -0.2) is 0 Å². The first-order valence-corrected chi connectivity index (χ1v) is 11.8. The molecule has 3 atom stereocenters. The zero-order chi connectivity index (χ0) is 20.6. The van der Waals surface area contributed by atoms with Crippen LogP contribution in [0.2, 0.25) is 0 Å². The molecule has 2 saturated carbocycles. The van der Waals surface area contributed by atoms with E-state index < -0.39 is 0 Å². The largest absolute Gasteiger partial charge is 0.103 e. The molecule has 0 aliphatic heterocycles. The van der Waals surface area contributed by atoms with Crippen molar-refractivity contribution in [3.8, 4) is 0 Å². The second-order valence-electron chi connectivity index (χ2n) is 9.70. The van der Waals surface area contributed by atoms with E-state index in [9.17, 15) is 0 Å². The first-order valence-electron chi connectivity index (χ1n) is 11.8. The predicted molar refractivity (Wildman–Crippen MR) is 126 cm³/mol. The van der Waals surface area contributed by atoms with Crippen LogP contribution in [0.5, 0.6) is 0 Å². The fourth-order valence-electron chi connectivity index (χ4n) is 5.39. The topological polar surface area (TPSA) is 0 Å². The van der Waals surface area contributed by atoms with Gasteiger partial charge in [0.25, 0.3) is 0 Å². The Bertz CT molecular complexity index is 601.